The van der Waals surface area contributed by atoms with Gasteiger partial charge in [0.2, 0.25) is 0 Å². The first-order valence-corrected chi connectivity index (χ1v) is 6.42. The molecule has 0 heterocycles. The summed E-state index contributed by atoms with van der Waals surface area (Å²) in [6.45, 7) is 7.96. The summed E-state index contributed by atoms with van der Waals surface area (Å²) in [5.41, 5.74) is 1.08. The van der Waals surface area contributed by atoms with Gasteiger partial charge in [0.05, 0.1) is 0 Å². The molecule has 0 saturated heterocycles. The van der Waals surface area contributed by atoms with Gasteiger partial charge in [-0.05, 0) is 50.3 Å². The highest BCUT2D eigenvalue weighted by Gasteiger charge is 2.32. The fourth-order valence-electron chi connectivity index (χ4n) is 1.84. The van der Waals surface area contributed by atoms with Gasteiger partial charge in [-0.1, -0.05) is 26.0 Å². The van der Waals surface area contributed by atoms with Crippen molar-refractivity contribution in [2.24, 2.45) is 5.92 Å². The van der Waals surface area contributed by atoms with Crippen molar-refractivity contribution < 1.29 is 9.90 Å². The van der Waals surface area contributed by atoms with Crippen LogP contribution in [0.3, 0.4) is 0 Å². The number of carboxylic acids is 1. The molecule has 0 aliphatic carbocycles. The van der Waals surface area contributed by atoms with Crippen molar-refractivity contribution in [2.45, 2.75) is 46.1 Å². The van der Waals surface area contributed by atoms with Crippen molar-refractivity contribution in [3.8, 4) is 0 Å². The van der Waals surface area contributed by atoms with Gasteiger partial charge in [0.15, 0.2) is 0 Å². The third kappa shape index (κ3) is 4.06. The molecular formula is C15H23NO2. The Morgan fingerprint density at radius 2 is 2.11 bits per heavy atom. The number of anilines is 1. The Hall–Kier alpha value is -1.51. The Labute approximate surface area is 109 Å². The highest BCUT2D eigenvalue weighted by molar-refractivity contribution is 5.82. The monoisotopic (exact) mass is 249 g/mol. The standard InChI is InChI=1S/C15H23NO2/c1-11(2)8-9-15(4,14(17)18)16-13-7-5-6-12(3)10-13/h5-7,10-11,16H,8-9H2,1-4H3,(H,17,18). The van der Waals surface area contributed by atoms with Crippen LogP contribution in [0.5, 0.6) is 0 Å². The van der Waals surface area contributed by atoms with Crippen LogP contribution in [-0.2, 0) is 4.79 Å². The lowest BCUT2D eigenvalue weighted by Gasteiger charge is -2.28. The zero-order chi connectivity index (χ0) is 13.8. The number of aliphatic carboxylic acids is 1. The maximum absolute atomic E-state index is 11.5. The molecule has 0 aliphatic heterocycles. The van der Waals surface area contributed by atoms with E-state index in [0.717, 1.165) is 17.7 Å². The molecule has 3 nitrogen and oxygen atoms in total. The van der Waals surface area contributed by atoms with Gasteiger partial charge < -0.3 is 10.4 Å². The first-order chi connectivity index (χ1) is 8.33. The fourth-order valence-corrected chi connectivity index (χ4v) is 1.84. The van der Waals surface area contributed by atoms with Gasteiger partial charge in [0.25, 0.3) is 0 Å². The molecule has 100 valence electrons. The summed E-state index contributed by atoms with van der Waals surface area (Å²) >= 11 is 0. The largest absolute Gasteiger partial charge is 0.480 e. The van der Waals surface area contributed by atoms with Crippen molar-refractivity contribution >= 4 is 11.7 Å². The molecule has 1 unspecified atom stereocenters. The van der Waals surface area contributed by atoms with E-state index >= 15 is 0 Å². The lowest BCUT2D eigenvalue weighted by molar-refractivity contribution is -0.142. The fraction of sp³-hybridized carbons (Fsp3) is 0.533. The third-order valence-electron chi connectivity index (χ3n) is 3.13. The highest BCUT2D eigenvalue weighted by atomic mass is 16.4. The molecule has 2 N–H and O–H groups in total. The van der Waals surface area contributed by atoms with E-state index in [1.165, 1.54) is 0 Å². The third-order valence-corrected chi connectivity index (χ3v) is 3.13. The lowest BCUT2D eigenvalue weighted by Crippen LogP contribution is -2.43. The quantitative estimate of drug-likeness (QED) is 0.808. The molecule has 1 rings (SSSR count). The predicted molar refractivity (Wildman–Crippen MR) is 74.9 cm³/mol. The van der Waals surface area contributed by atoms with E-state index < -0.39 is 11.5 Å². The van der Waals surface area contributed by atoms with Crippen LogP contribution in [0.2, 0.25) is 0 Å². The van der Waals surface area contributed by atoms with Gasteiger partial charge in [-0.3, -0.25) is 0 Å². The minimum Gasteiger partial charge on any atom is -0.480 e. The van der Waals surface area contributed by atoms with Crippen LogP contribution in [-0.4, -0.2) is 16.6 Å². The van der Waals surface area contributed by atoms with Gasteiger partial charge in [-0.2, -0.15) is 0 Å². The molecule has 0 bridgehead atoms. The molecule has 1 atom stereocenters. The molecule has 0 aromatic heterocycles. The summed E-state index contributed by atoms with van der Waals surface area (Å²) in [7, 11) is 0. The number of hydrogen-bond acceptors (Lipinski definition) is 2. The van der Waals surface area contributed by atoms with Crippen LogP contribution in [0.4, 0.5) is 5.69 Å². The Morgan fingerprint density at radius 3 is 2.61 bits per heavy atom. The van der Waals surface area contributed by atoms with E-state index in [4.69, 9.17) is 0 Å². The molecule has 0 amide bonds. The number of nitrogens with one attached hydrogen (secondary N) is 1. The van der Waals surface area contributed by atoms with Gasteiger partial charge in [0.1, 0.15) is 5.54 Å². The summed E-state index contributed by atoms with van der Waals surface area (Å²) in [6.07, 6.45) is 1.51. The molecule has 0 saturated carbocycles. The van der Waals surface area contributed by atoms with Crippen molar-refractivity contribution in [1.82, 2.24) is 0 Å². The Bertz CT molecular complexity index is 415. The molecular weight excluding hydrogens is 226 g/mol. The smallest absolute Gasteiger partial charge is 0.329 e. The number of rotatable bonds is 6. The molecule has 1 aromatic carbocycles. The molecule has 0 fully saturated rings. The Balaban J connectivity index is 2.82. The molecule has 3 heteroatoms. The minimum absolute atomic E-state index is 0.503. The van der Waals surface area contributed by atoms with E-state index in [-0.39, 0.29) is 0 Å². The second kappa shape index (κ2) is 5.89. The summed E-state index contributed by atoms with van der Waals surface area (Å²) in [5.74, 6) is -0.298. The number of aryl methyl sites for hydroxylation is 1. The van der Waals surface area contributed by atoms with Crippen LogP contribution < -0.4 is 5.32 Å². The van der Waals surface area contributed by atoms with E-state index in [1.807, 2.05) is 31.2 Å². The van der Waals surface area contributed by atoms with Crippen LogP contribution in [0.25, 0.3) is 0 Å². The molecule has 0 spiro atoms. The second-order valence-corrected chi connectivity index (χ2v) is 5.56. The van der Waals surface area contributed by atoms with Crippen LogP contribution in [0.1, 0.15) is 39.2 Å². The molecule has 0 aliphatic rings. The molecule has 0 radical (unpaired) electrons. The summed E-state index contributed by atoms with van der Waals surface area (Å²) in [4.78, 5) is 11.5. The number of carbonyl (C=O) groups is 1. The van der Waals surface area contributed by atoms with Crippen LogP contribution in [0.15, 0.2) is 24.3 Å². The average Bonchev–Trinajstić information content (AvgIpc) is 2.26. The first kappa shape index (κ1) is 14.6. The van der Waals surface area contributed by atoms with E-state index in [0.29, 0.717) is 12.3 Å². The maximum atomic E-state index is 11.5. The van der Waals surface area contributed by atoms with Crippen molar-refractivity contribution in [3.05, 3.63) is 29.8 Å². The number of benzene rings is 1. The minimum atomic E-state index is -0.905. The molecule has 1 aromatic rings. The van der Waals surface area contributed by atoms with E-state index in [1.54, 1.807) is 6.92 Å². The number of hydrogen-bond donors (Lipinski definition) is 2. The Kier molecular flexibility index (Phi) is 4.76. The Morgan fingerprint density at radius 1 is 1.44 bits per heavy atom. The topological polar surface area (TPSA) is 49.3 Å². The zero-order valence-corrected chi connectivity index (χ0v) is 11.7. The highest BCUT2D eigenvalue weighted by Crippen LogP contribution is 2.23. The SMILES string of the molecule is Cc1cccc(NC(C)(CCC(C)C)C(=O)O)c1. The van der Waals surface area contributed by atoms with Gasteiger partial charge >= 0.3 is 5.97 Å². The second-order valence-electron chi connectivity index (χ2n) is 5.56. The summed E-state index contributed by atoms with van der Waals surface area (Å²) < 4.78 is 0. The lowest BCUT2D eigenvalue weighted by atomic mass is 9.91. The average molecular weight is 249 g/mol. The molecule has 18 heavy (non-hydrogen) atoms. The summed E-state index contributed by atoms with van der Waals surface area (Å²) in [6, 6.07) is 7.81. The zero-order valence-electron chi connectivity index (χ0n) is 11.7. The van der Waals surface area contributed by atoms with Crippen LogP contribution >= 0.6 is 0 Å². The van der Waals surface area contributed by atoms with Gasteiger partial charge in [-0.15, -0.1) is 0 Å². The van der Waals surface area contributed by atoms with Crippen LogP contribution in [0, 0.1) is 12.8 Å². The maximum Gasteiger partial charge on any atom is 0.329 e. The van der Waals surface area contributed by atoms with E-state index in [9.17, 15) is 9.90 Å². The predicted octanol–water partition coefficient (Wildman–Crippen LogP) is 3.69. The van der Waals surface area contributed by atoms with Crippen molar-refractivity contribution in [2.75, 3.05) is 5.32 Å². The number of carboxylic acid groups (broad SMARTS) is 1. The first-order valence-electron chi connectivity index (χ1n) is 6.42. The van der Waals surface area contributed by atoms with Crippen molar-refractivity contribution in [1.29, 1.82) is 0 Å². The van der Waals surface area contributed by atoms with Gasteiger partial charge in [0, 0.05) is 5.69 Å². The van der Waals surface area contributed by atoms with Crippen molar-refractivity contribution in [3.63, 3.8) is 0 Å². The van der Waals surface area contributed by atoms with E-state index in [2.05, 4.69) is 19.2 Å². The summed E-state index contributed by atoms with van der Waals surface area (Å²) in [5, 5.41) is 12.6. The normalized spacial score (nSPS) is 14.3. The van der Waals surface area contributed by atoms with Gasteiger partial charge in [-0.25, -0.2) is 4.79 Å².